The van der Waals surface area contributed by atoms with Crippen LogP contribution in [0, 0.1) is 11.8 Å². The van der Waals surface area contributed by atoms with Crippen molar-refractivity contribution in [1.29, 1.82) is 0 Å². The number of nitrogens with one attached hydrogen (secondary N) is 1. The van der Waals surface area contributed by atoms with Crippen molar-refractivity contribution in [1.82, 2.24) is 4.90 Å². The Morgan fingerprint density at radius 2 is 1.73 bits per heavy atom. The minimum absolute atomic E-state index is 0.0622. The first-order valence-corrected chi connectivity index (χ1v) is 7.16. The lowest BCUT2D eigenvalue weighted by molar-refractivity contribution is -0.142. The highest BCUT2D eigenvalue weighted by Gasteiger charge is 2.47. The van der Waals surface area contributed by atoms with Gasteiger partial charge in [0, 0.05) is 0 Å². The first kappa shape index (κ1) is 14.3. The Morgan fingerprint density at radius 3 is 2.32 bits per heavy atom. The van der Waals surface area contributed by atoms with Crippen LogP contribution >= 0.6 is 0 Å². The molecule has 1 aromatic rings. The average molecular weight is 300 g/mol. The van der Waals surface area contributed by atoms with E-state index >= 15 is 0 Å². The third-order valence-corrected chi connectivity index (χ3v) is 4.08. The first-order chi connectivity index (χ1) is 10.6. The predicted octanol–water partition coefficient (Wildman–Crippen LogP) is 1.28. The number of imide groups is 1. The van der Waals surface area contributed by atoms with Gasteiger partial charge in [0.1, 0.15) is 12.3 Å². The highest BCUT2D eigenvalue weighted by atomic mass is 16.3. The van der Waals surface area contributed by atoms with Crippen molar-refractivity contribution in [3.8, 4) is 5.75 Å². The van der Waals surface area contributed by atoms with Gasteiger partial charge in [-0.1, -0.05) is 24.3 Å². The number of carbonyl (C=O) groups is 3. The average Bonchev–Trinajstić information content (AvgIpc) is 2.75. The predicted molar refractivity (Wildman–Crippen MR) is 78.8 cm³/mol. The molecule has 1 fully saturated rings. The van der Waals surface area contributed by atoms with Crippen LogP contribution in [0.5, 0.6) is 5.75 Å². The summed E-state index contributed by atoms with van der Waals surface area (Å²) in [4.78, 5) is 37.6. The third kappa shape index (κ3) is 2.47. The Morgan fingerprint density at radius 1 is 1.14 bits per heavy atom. The molecule has 2 N–H and O–H groups in total. The quantitative estimate of drug-likeness (QED) is 0.500. The summed E-state index contributed by atoms with van der Waals surface area (Å²) < 4.78 is 0. The summed E-state index contributed by atoms with van der Waals surface area (Å²) in [5, 5.41) is 12.1. The van der Waals surface area contributed by atoms with E-state index < -0.39 is 5.91 Å². The van der Waals surface area contributed by atoms with Crippen molar-refractivity contribution < 1.29 is 19.5 Å². The van der Waals surface area contributed by atoms with Gasteiger partial charge in [0.25, 0.3) is 0 Å². The van der Waals surface area contributed by atoms with E-state index in [1.165, 1.54) is 6.07 Å². The van der Waals surface area contributed by atoms with Crippen molar-refractivity contribution in [3.05, 3.63) is 36.4 Å². The van der Waals surface area contributed by atoms with Crippen LogP contribution in [0.1, 0.15) is 12.8 Å². The number of hydrogen-bond acceptors (Lipinski definition) is 4. The minimum Gasteiger partial charge on any atom is -0.506 e. The molecule has 1 aromatic carbocycles. The topological polar surface area (TPSA) is 86.7 Å². The van der Waals surface area contributed by atoms with Crippen LogP contribution in [0.25, 0.3) is 0 Å². The molecule has 0 spiro atoms. The standard InChI is InChI=1S/C16H16N2O4/c19-13-8-4-3-7-12(13)17-14(20)9-18-15(21)10-5-1-2-6-11(10)16(18)22/h1-4,7-8,10-11,19H,5-6,9H2,(H,17,20)/t10-,11+. The molecule has 0 radical (unpaired) electrons. The van der Waals surface area contributed by atoms with Gasteiger partial charge in [0.15, 0.2) is 0 Å². The van der Waals surface area contributed by atoms with Gasteiger partial charge in [-0.25, -0.2) is 0 Å². The van der Waals surface area contributed by atoms with Crippen molar-refractivity contribution in [2.24, 2.45) is 11.8 Å². The molecule has 6 heteroatoms. The fraction of sp³-hybridized carbons (Fsp3) is 0.312. The smallest absolute Gasteiger partial charge is 0.244 e. The van der Waals surface area contributed by atoms with Crippen LogP contribution < -0.4 is 5.32 Å². The lowest BCUT2D eigenvalue weighted by Gasteiger charge is -2.14. The number of nitrogens with zero attached hydrogens (tertiary/aromatic N) is 1. The molecule has 3 amide bonds. The van der Waals surface area contributed by atoms with Gasteiger partial charge in [0.05, 0.1) is 17.5 Å². The maximum atomic E-state index is 12.2. The summed E-state index contributed by atoms with van der Waals surface area (Å²) in [6, 6.07) is 6.30. The number of benzene rings is 1. The number of rotatable bonds is 3. The molecule has 0 aromatic heterocycles. The van der Waals surface area contributed by atoms with Gasteiger partial charge in [-0.2, -0.15) is 0 Å². The van der Waals surface area contributed by atoms with E-state index in [9.17, 15) is 19.5 Å². The molecule has 114 valence electrons. The minimum atomic E-state index is -0.505. The highest BCUT2D eigenvalue weighted by Crippen LogP contribution is 2.34. The molecular weight excluding hydrogens is 284 g/mol. The molecule has 1 saturated heterocycles. The van der Waals surface area contributed by atoms with Crippen LogP contribution in [0.4, 0.5) is 5.69 Å². The summed E-state index contributed by atoms with van der Waals surface area (Å²) in [6.07, 6.45) is 4.90. The summed E-state index contributed by atoms with van der Waals surface area (Å²) in [7, 11) is 0. The zero-order valence-electron chi connectivity index (χ0n) is 11.9. The van der Waals surface area contributed by atoms with Gasteiger partial charge in [-0.3, -0.25) is 19.3 Å². The molecular formula is C16H16N2O4. The fourth-order valence-corrected chi connectivity index (χ4v) is 2.94. The highest BCUT2D eigenvalue weighted by molar-refractivity contribution is 6.09. The zero-order valence-corrected chi connectivity index (χ0v) is 11.9. The SMILES string of the molecule is O=C(CN1C(=O)[C@H]2CC=CC[C@H]2C1=O)Nc1ccccc1O. The van der Waals surface area contributed by atoms with Crippen molar-refractivity contribution in [2.75, 3.05) is 11.9 Å². The number of likely N-dealkylation sites (tertiary alicyclic amines) is 1. The van der Waals surface area contributed by atoms with Crippen LogP contribution in [-0.4, -0.2) is 34.3 Å². The molecule has 3 rings (SSSR count). The summed E-state index contributed by atoms with van der Waals surface area (Å²) in [6.45, 7) is -0.320. The number of fused-ring (bicyclic) bond motifs is 1. The molecule has 1 aliphatic heterocycles. The monoisotopic (exact) mass is 300 g/mol. The Labute approximate surface area is 127 Å². The lowest BCUT2D eigenvalue weighted by atomic mass is 9.85. The van der Waals surface area contributed by atoms with E-state index in [1.807, 2.05) is 12.2 Å². The molecule has 1 heterocycles. The Balaban J connectivity index is 1.68. The number of allylic oxidation sites excluding steroid dienone is 2. The van der Waals surface area contributed by atoms with E-state index in [0.29, 0.717) is 12.8 Å². The molecule has 0 unspecified atom stereocenters. The van der Waals surface area contributed by atoms with Gasteiger partial charge in [-0.05, 0) is 25.0 Å². The fourth-order valence-electron chi connectivity index (χ4n) is 2.94. The molecule has 6 nitrogen and oxygen atoms in total. The number of amides is 3. The van der Waals surface area contributed by atoms with Crippen molar-refractivity contribution in [2.45, 2.75) is 12.8 Å². The largest absolute Gasteiger partial charge is 0.506 e. The molecule has 2 atom stereocenters. The van der Waals surface area contributed by atoms with Crippen LogP contribution in [0.15, 0.2) is 36.4 Å². The number of hydrogen-bond donors (Lipinski definition) is 2. The van der Waals surface area contributed by atoms with E-state index in [-0.39, 0.29) is 41.6 Å². The third-order valence-electron chi connectivity index (χ3n) is 4.08. The normalized spacial score (nSPS) is 23.5. The zero-order chi connectivity index (χ0) is 15.7. The molecule has 2 aliphatic rings. The number of phenols is 1. The summed E-state index contributed by atoms with van der Waals surface area (Å²) in [5.41, 5.74) is 0.255. The second-order valence-corrected chi connectivity index (χ2v) is 5.48. The van der Waals surface area contributed by atoms with Gasteiger partial charge in [0.2, 0.25) is 17.7 Å². The van der Waals surface area contributed by atoms with E-state index in [0.717, 1.165) is 4.90 Å². The van der Waals surface area contributed by atoms with Crippen LogP contribution in [0.3, 0.4) is 0 Å². The van der Waals surface area contributed by atoms with E-state index in [4.69, 9.17) is 0 Å². The second kappa shape index (κ2) is 5.63. The number of phenolic OH excluding ortho intramolecular Hbond substituents is 1. The van der Waals surface area contributed by atoms with E-state index in [2.05, 4.69) is 5.32 Å². The van der Waals surface area contributed by atoms with E-state index in [1.54, 1.807) is 18.2 Å². The lowest BCUT2D eigenvalue weighted by Crippen LogP contribution is -2.38. The van der Waals surface area contributed by atoms with Crippen molar-refractivity contribution in [3.63, 3.8) is 0 Å². The van der Waals surface area contributed by atoms with Gasteiger partial charge >= 0.3 is 0 Å². The van der Waals surface area contributed by atoms with Crippen LogP contribution in [-0.2, 0) is 14.4 Å². The second-order valence-electron chi connectivity index (χ2n) is 5.48. The maximum absolute atomic E-state index is 12.2. The van der Waals surface area contributed by atoms with Crippen molar-refractivity contribution >= 4 is 23.4 Å². The van der Waals surface area contributed by atoms with Crippen LogP contribution in [0.2, 0.25) is 0 Å². The number of para-hydroxylation sites is 2. The van der Waals surface area contributed by atoms with Gasteiger partial charge in [-0.15, -0.1) is 0 Å². The summed E-state index contributed by atoms with van der Waals surface area (Å²) in [5.74, 6) is -1.81. The molecule has 0 saturated carbocycles. The number of carbonyl (C=O) groups excluding carboxylic acids is 3. The molecule has 1 aliphatic carbocycles. The number of anilines is 1. The first-order valence-electron chi connectivity index (χ1n) is 7.16. The molecule has 0 bridgehead atoms. The maximum Gasteiger partial charge on any atom is 0.244 e. The summed E-state index contributed by atoms with van der Waals surface area (Å²) >= 11 is 0. The Kier molecular flexibility index (Phi) is 3.66. The molecule has 22 heavy (non-hydrogen) atoms. The number of aromatic hydroxyl groups is 1. The Hall–Kier alpha value is -2.63. The van der Waals surface area contributed by atoms with Gasteiger partial charge < -0.3 is 10.4 Å². The Bertz CT molecular complexity index is 642.